The number of carbonyl (C=O) groups is 3. The number of hydrogen-bond donors (Lipinski definition) is 3. The van der Waals surface area contributed by atoms with Gasteiger partial charge in [0, 0.05) is 23.9 Å². The number of nitrogens with one attached hydrogen (secondary N) is 3. The first kappa shape index (κ1) is 25.2. The molecule has 37 heavy (non-hydrogen) atoms. The molecular weight excluding hydrogens is 470 g/mol. The van der Waals surface area contributed by atoms with E-state index in [1.807, 2.05) is 49.4 Å². The maximum absolute atomic E-state index is 13.1. The van der Waals surface area contributed by atoms with E-state index in [-0.39, 0.29) is 29.3 Å². The molecule has 188 valence electrons. The highest BCUT2D eigenvalue weighted by Crippen LogP contribution is 2.17. The van der Waals surface area contributed by atoms with Crippen LogP contribution in [0.15, 0.2) is 83.7 Å². The highest BCUT2D eigenvalue weighted by atomic mass is 16.2. The van der Waals surface area contributed by atoms with Crippen molar-refractivity contribution in [2.75, 3.05) is 17.2 Å². The van der Waals surface area contributed by atoms with Crippen LogP contribution in [0.1, 0.15) is 32.0 Å². The maximum atomic E-state index is 13.1. The van der Waals surface area contributed by atoms with Gasteiger partial charge in [-0.3, -0.25) is 23.9 Å². The molecule has 0 aliphatic heterocycles. The summed E-state index contributed by atoms with van der Waals surface area (Å²) in [4.78, 5) is 50.6. The predicted molar refractivity (Wildman–Crippen MR) is 142 cm³/mol. The van der Waals surface area contributed by atoms with Gasteiger partial charge in [0.2, 0.25) is 5.91 Å². The number of aryl methyl sites for hydroxylation is 1. The minimum absolute atomic E-state index is 0.171. The number of amides is 3. The summed E-state index contributed by atoms with van der Waals surface area (Å²) < 4.78 is 3.15. The van der Waals surface area contributed by atoms with Crippen molar-refractivity contribution in [3.63, 3.8) is 0 Å². The van der Waals surface area contributed by atoms with Crippen molar-refractivity contribution >= 4 is 29.1 Å². The first-order valence-electron chi connectivity index (χ1n) is 11.6. The van der Waals surface area contributed by atoms with Crippen LogP contribution >= 0.6 is 0 Å². The largest absolute Gasteiger partial charge is 0.343 e. The molecule has 1 heterocycles. The molecule has 0 saturated heterocycles. The van der Waals surface area contributed by atoms with Crippen LogP contribution in [0, 0.1) is 13.8 Å². The van der Waals surface area contributed by atoms with E-state index in [1.54, 1.807) is 49.0 Å². The van der Waals surface area contributed by atoms with E-state index >= 15 is 0 Å². The summed E-state index contributed by atoms with van der Waals surface area (Å²) in [5.74, 6) is -1.29. The van der Waals surface area contributed by atoms with Crippen LogP contribution in [0.25, 0.3) is 5.69 Å². The van der Waals surface area contributed by atoms with Gasteiger partial charge >= 0.3 is 0 Å². The Morgan fingerprint density at radius 2 is 1.49 bits per heavy atom. The Kier molecular flexibility index (Phi) is 7.34. The topological polar surface area (TPSA) is 114 Å². The van der Waals surface area contributed by atoms with Gasteiger partial charge in [0.15, 0.2) is 0 Å². The van der Waals surface area contributed by atoms with Crippen LogP contribution in [0.3, 0.4) is 0 Å². The van der Waals surface area contributed by atoms with E-state index in [1.165, 1.54) is 10.7 Å². The molecule has 4 rings (SSSR count). The van der Waals surface area contributed by atoms with E-state index in [4.69, 9.17) is 0 Å². The molecule has 0 aliphatic carbocycles. The van der Waals surface area contributed by atoms with Crippen molar-refractivity contribution in [1.29, 1.82) is 0 Å². The second-order valence-electron chi connectivity index (χ2n) is 8.57. The average Bonchev–Trinajstić information content (AvgIpc) is 3.11. The van der Waals surface area contributed by atoms with Gasteiger partial charge in [-0.05, 0) is 56.3 Å². The Morgan fingerprint density at radius 3 is 2.19 bits per heavy atom. The van der Waals surface area contributed by atoms with E-state index in [2.05, 4.69) is 16.0 Å². The molecule has 0 bridgehead atoms. The number of carbonyl (C=O) groups excluding carboxylic acids is 3. The molecule has 0 saturated carbocycles. The molecule has 9 nitrogen and oxygen atoms in total. The van der Waals surface area contributed by atoms with Crippen molar-refractivity contribution < 1.29 is 14.4 Å². The van der Waals surface area contributed by atoms with Crippen molar-refractivity contribution in [3.05, 3.63) is 112 Å². The quantitative estimate of drug-likeness (QED) is 0.363. The summed E-state index contributed by atoms with van der Waals surface area (Å²) >= 11 is 0. The second kappa shape index (κ2) is 10.8. The van der Waals surface area contributed by atoms with Crippen LogP contribution in [0.4, 0.5) is 11.4 Å². The number of para-hydroxylation sites is 1. The first-order chi connectivity index (χ1) is 17.7. The lowest BCUT2D eigenvalue weighted by molar-refractivity contribution is -0.115. The van der Waals surface area contributed by atoms with E-state index in [9.17, 15) is 19.2 Å². The SMILES string of the molecule is Cc1ccc(C(=O)NCC(=O)Nc2cccc(C(=O)Nc3c(C)n(C)n(-c4ccccc4)c3=O)c2)cc1. The molecule has 0 atom stereocenters. The smallest absolute Gasteiger partial charge is 0.295 e. The lowest BCUT2D eigenvalue weighted by Crippen LogP contribution is -2.32. The highest BCUT2D eigenvalue weighted by Gasteiger charge is 2.19. The Hall–Kier alpha value is -4.92. The van der Waals surface area contributed by atoms with Crippen LogP contribution in [-0.2, 0) is 11.8 Å². The van der Waals surface area contributed by atoms with Gasteiger partial charge in [-0.15, -0.1) is 0 Å². The normalized spacial score (nSPS) is 10.6. The molecule has 1 aromatic heterocycles. The Bertz CT molecular complexity index is 1520. The fourth-order valence-corrected chi connectivity index (χ4v) is 3.81. The third kappa shape index (κ3) is 5.67. The highest BCUT2D eigenvalue weighted by molar-refractivity contribution is 6.06. The third-order valence-electron chi connectivity index (χ3n) is 5.92. The summed E-state index contributed by atoms with van der Waals surface area (Å²) in [7, 11) is 1.74. The summed E-state index contributed by atoms with van der Waals surface area (Å²) in [6.07, 6.45) is 0. The Morgan fingerprint density at radius 1 is 0.784 bits per heavy atom. The van der Waals surface area contributed by atoms with E-state index in [0.717, 1.165) is 5.56 Å². The number of benzene rings is 3. The Labute approximate surface area is 213 Å². The van der Waals surface area contributed by atoms with Gasteiger partial charge in [0.05, 0.1) is 17.9 Å². The number of anilines is 2. The van der Waals surface area contributed by atoms with Crippen LogP contribution < -0.4 is 21.5 Å². The van der Waals surface area contributed by atoms with Crippen molar-refractivity contribution in [1.82, 2.24) is 14.7 Å². The van der Waals surface area contributed by atoms with Gasteiger partial charge in [0.1, 0.15) is 5.69 Å². The van der Waals surface area contributed by atoms with Gasteiger partial charge in [-0.2, -0.15) is 0 Å². The zero-order valence-corrected chi connectivity index (χ0v) is 20.7. The third-order valence-corrected chi connectivity index (χ3v) is 5.92. The van der Waals surface area contributed by atoms with Crippen molar-refractivity contribution in [2.24, 2.45) is 7.05 Å². The minimum Gasteiger partial charge on any atom is -0.343 e. The molecule has 9 heteroatoms. The van der Waals surface area contributed by atoms with E-state index < -0.39 is 11.8 Å². The molecule has 0 radical (unpaired) electrons. The first-order valence-corrected chi connectivity index (χ1v) is 11.6. The van der Waals surface area contributed by atoms with E-state index in [0.29, 0.717) is 22.6 Å². The zero-order chi connectivity index (χ0) is 26.5. The van der Waals surface area contributed by atoms with Crippen LogP contribution in [-0.4, -0.2) is 33.6 Å². The number of hydrogen-bond acceptors (Lipinski definition) is 4. The van der Waals surface area contributed by atoms with Crippen molar-refractivity contribution in [2.45, 2.75) is 13.8 Å². The predicted octanol–water partition coefficient (Wildman–Crippen LogP) is 3.41. The monoisotopic (exact) mass is 497 g/mol. The van der Waals surface area contributed by atoms with Crippen LogP contribution in [0.2, 0.25) is 0 Å². The molecule has 0 aliphatic rings. The summed E-state index contributed by atoms with van der Waals surface area (Å²) in [6.45, 7) is 3.44. The van der Waals surface area contributed by atoms with Crippen LogP contribution in [0.5, 0.6) is 0 Å². The standard InChI is InChI=1S/C28H27N5O4/c1-18-12-14-20(15-13-18)26(35)29-17-24(34)30-22-9-7-8-21(16-22)27(36)31-25-19(2)32(3)33(28(25)37)23-10-5-4-6-11-23/h4-16H,17H2,1-3H3,(H,29,35)(H,30,34)(H,31,36). The molecule has 3 aromatic carbocycles. The van der Waals surface area contributed by atoms with Gasteiger partial charge in [-0.1, -0.05) is 42.0 Å². The fourth-order valence-electron chi connectivity index (χ4n) is 3.81. The Balaban J connectivity index is 1.42. The number of aromatic nitrogens is 2. The van der Waals surface area contributed by atoms with Gasteiger partial charge in [0.25, 0.3) is 17.4 Å². The van der Waals surface area contributed by atoms with Crippen molar-refractivity contribution in [3.8, 4) is 5.69 Å². The fraction of sp³-hybridized carbons (Fsp3) is 0.143. The maximum Gasteiger partial charge on any atom is 0.295 e. The summed E-state index contributed by atoms with van der Waals surface area (Å²) in [5.41, 5.74) is 3.22. The van der Waals surface area contributed by atoms with Gasteiger partial charge < -0.3 is 16.0 Å². The number of nitrogens with zero attached hydrogens (tertiary/aromatic N) is 2. The molecule has 0 unspecified atom stereocenters. The summed E-state index contributed by atoms with van der Waals surface area (Å²) in [6, 6.07) is 22.5. The second-order valence-corrected chi connectivity index (χ2v) is 8.57. The average molecular weight is 498 g/mol. The van der Waals surface area contributed by atoms with Gasteiger partial charge in [-0.25, -0.2) is 4.68 Å². The lowest BCUT2D eigenvalue weighted by Gasteiger charge is -2.09. The molecule has 3 amide bonds. The minimum atomic E-state index is -0.491. The zero-order valence-electron chi connectivity index (χ0n) is 20.7. The molecule has 4 aromatic rings. The molecule has 0 spiro atoms. The molecule has 3 N–H and O–H groups in total. The summed E-state index contributed by atoms with van der Waals surface area (Å²) in [5, 5.41) is 7.95. The molecule has 0 fully saturated rings. The molecular formula is C28H27N5O4. The lowest BCUT2D eigenvalue weighted by atomic mass is 10.1. The number of rotatable bonds is 7.